The van der Waals surface area contributed by atoms with Crippen LogP contribution in [0.4, 0.5) is 11.4 Å². The first-order valence-electron chi connectivity index (χ1n) is 9.58. The van der Waals surface area contributed by atoms with E-state index >= 15 is 0 Å². The number of rotatable bonds is 4. The minimum absolute atomic E-state index is 0.0738. The summed E-state index contributed by atoms with van der Waals surface area (Å²) in [6.45, 7) is 1.25. The van der Waals surface area contributed by atoms with Crippen molar-refractivity contribution in [1.82, 2.24) is 0 Å². The Balaban J connectivity index is 1.34. The van der Waals surface area contributed by atoms with Gasteiger partial charge in [0.05, 0.1) is 0 Å². The molecule has 0 spiro atoms. The maximum Gasteiger partial charge on any atom is 0.253 e. The van der Waals surface area contributed by atoms with Crippen molar-refractivity contribution in [3.05, 3.63) is 59.7 Å². The fourth-order valence-electron chi connectivity index (χ4n) is 3.97. The molecule has 0 N–H and O–H groups in total. The van der Waals surface area contributed by atoms with Gasteiger partial charge in [0.2, 0.25) is 0 Å². The van der Waals surface area contributed by atoms with Crippen LogP contribution in [0, 0.1) is 0 Å². The third-order valence-electron chi connectivity index (χ3n) is 5.27. The number of fused-ring (bicyclic) bond motifs is 2. The summed E-state index contributed by atoms with van der Waals surface area (Å²) < 4.78 is 5.51. The molecular weight excluding hydrogens is 340 g/mol. The number of ether oxygens (including phenoxy) is 1. The van der Waals surface area contributed by atoms with Crippen LogP contribution in [-0.2, 0) is 27.2 Å². The monoisotopic (exact) mass is 364 g/mol. The van der Waals surface area contributed by atoms with Gasteiger partial charge in [0.15, 0.2) is 0 Å². The van der Waals surface area contributed by atoms with Crippen molar-refractivity contribution in [2.45, 2.75) is 25.7 Å². The average Bonchev–Trinajstić information content (AvgIpc) is 2.72. The molecule has 2 aliphatic heterocycles. The van der Waals surface area contributed by atoms with Crippen molar-refractivity contribution in [2.24, 2.45) is 0 Å². The van der Waals surface area contributed by atoms with E-state index < -0.39 is 0 Å². The molecule has 27 heavy (non-hydrogen) atoms. The standard InChI is InChI=1S/C22H24N2O3/c25-21(23-13-5-9-17-7-1-3-11-19(17)23)15-27-16-22(26)24-14-6-10-18-8-2-4-12-20(18)24/h1-4,7-8,11-12H,5-6,9-10,13-16H2. The largest absolute Gasteiger partial charge is 0.362 e. The topological polar surface area (TPSA) is 49.9 Å². The molecule has 4 rings (SSSR count). The molecule has 0 fully saturated rings. The molecule has 0 radical (unpaired) electrons. The van der Waals surface area contributed by atoms with Gasteiger partial charge < -0.3 is 14.5 Å². The van der Waals surface area contributed by atoms with Crippen molar-refractivity contribution in [3.8, 4) is 0 Å². The van der Waals surface area contributed by atoms with E-state index in [1.807, 2.05) is 36.4 Å². The predicted octanol–water partition coefficient (Wildman–Crippen LogP) is 2.96. The van der Waals surface area contributed by atoms with Crippen LogP contribution in [0.3, 0.4) is 0 Å². The zero-order valence-electron chi connectivity index (χ0n) is 15.4. The molecular formula is C22H24N2O3. The van der Waals surface area contributed by atoms with E-state index in [0.717, 1.165) is 37.1 Å². The van der Waals surface area contributed by atoms with Crippen LogP contribution in [0.1, 0.15) is 24.0 Å². The third kappa shape index (κ3) is 3.74. The van der Waals surface area contributed by atoms with Gasteiger partial charge in [-0.2, -0.15) is 0 Å². The van der Waals surface area contributed by atoms with Crippen LogP contribution in [0.2, 0.25) is 0 Å². The zero-order valence-corrected chi connectivity index (χ0v) is 15.4. The maximum absolute atomic E-state index is 12.6. The lowest BCUT2D eigenvalue weighted by Crippen LogP contribution is -2.40. The normalized spacial score (nSPS) is 15.9. The van der Waals surface area contributed by atoms with Crippen molar-refractivity contribution < 1.29 is 14.3 Å². The molecule has 5 nitrogen and oxygen atoms in total. The number of aryl methyl sites for hydroxylation is 2. The molecule has 0 saturated heterocycles. The number of carbonyl (C=O) groups is 2. The number of amides is 2. The van der Waals surface area contributed by atoms with Gasteiger partial charge in [-0.15, -0.1) is 0 Å². The van der Waals surface area contributed by atoms with E-state index in [0.29, 0.717) is 13.1 Å². The Morgan fingerprint density at radius 3 is 1.67 bits per heavy atom. The predicted molar refractivity (Wildman–Crippen MR) is 105 cm³/mol. The minimum Gasteiger partial charge on any atom is -0.362 e. The molecule has 0 atom stereocenters. The Morgan fingerprint density at radius 2 is 1.19 bits per heavy atom. The molecule has 2 aliphatic rings. The lowest BCUT2D eigenvalue weighted by molar-refractivity contribution is -0.128. The highest BCUT2D eigenvalue weighted by atomic mass is 16.5. The number of nitrogens with zero attached hydrogens (tertiary/aromatic N) is 2. The highest BCUT2D eigenvalue weighted by molar-refractivity contribution is 5.97. The first-order valence-corrected chi connectivity index (χ1v) is 9.58. The van der Waals surface area contributed by atoms with Gasteiger partial charge in [-0.1, -0.05) is 36.4 Å². The Morgan fingerprint density at radius 1 is 0.741 bits per heavy atom. The van der Waals surface area contributed by atoms with Crippen molar-refractivity contribution in [2.75, 3.05) is 36.1 Å². The fraction of sp³-hybridized carbons (Fsp3) is 0.364. The molecule has 2 heterocycles. The SMILES string of the molecule is O=C(COCC(=O)N1CCCc2ccccc21)N1CCCc2ccccc21. The Kier molecular flexibility index (Phi) is 5.21. The van der Waals surface area contributed by atoms with E-state index in [2.05, 4.69) is 12.1 Å². The average molecular weight is 364 g/mol. The molecule has 0 aromatic heterocycles. The summed E-state index contributed by atoms with van der Waals surface area (Å²) in [6.07, 6.45) is 3.89. The van der Waals surface area contributed by atoms with Gasteiger partial charge in [-0.3, -0.25) is 9.59 Å². The highest BCUT2D eigenvalue weighted by Crippen LogP contribution is 2.28. The van der Waals surface area contributed by atoms with E-state index in [-0.39, 0.29) is 25.0 Å². The number of carbonyl (C=O) groups excluding carboxylic acids is 2. The Hall–Kier alpha value is -2.66. The van der Waals surface area contributed by atoms with E-state index in [4.69, 9.17) is 4.74 Å². The summed E-state index contributed by atoms with van der Waals surface area (Å²) in [6, 6.07) is 16.0. The smallest absolute Gasteiger partial charge is 0.253 e. The summed E-state index contributed by atoms with van der Waals surface area (Å²) in [5, 5.41) is 0. The van der Waals surface area contributed by atoms with Crippen LogP contribution < -0.4 is 9.80 Å². The van der Waals surface area contributed by atoms with Gasteiger partial charge in [-0.05, 0) is 48.9 Å². The van der Waals surface area contributed by atoms with Crippen molar-refractivity contribution >= 4 is 23.2 Å². The van der Waals surface area contributed by atoms with Gasteiger partial charge >= 0.3 is 0 Å². The first kappa shape index (κ1) is 17.7. The third-order valence-corrected chi connectivity index (χ3v) is 5.27. The second kappa shape index (κ2) is 7.92. The molecule has 0 aliphatic carbocycles. The number of hydrogen-bond acceptors (Lipinski definition) is 3. The molecule has 140 valence electrons. The van der Waals surface area contributed by atoms with Gasteiger partial charge in [-0.25, -0.2) is 0 Å². The van der Waals surface area contributed by atoms with Crippen LogP contribution in [0.5, 0.6) is 0 Å². The number of anilines is 2. The number of para-hydroxylation sites is 2. The van der Waals surface area contributed by atoms with Crippen LogP contribution in [-0.4, -0.2) is 38.1 Å². The second-order valence-electron chi connectivity index (χ2n) is 7.05. The number of hydrogen-bond donors (Lipinski definition) is 0. The zero-order chi connectivity index (χ0) is 18.6. The lowest BCUT2D eigenvalue weighted by Gasteiger charge is -2.30. The lowest BCUT2D eigenvalue weighted by atomic mass is 10.0. The summed E-state index contributed by atoms with van der Waals surface area (Å²) in [5.74, 6) is -0.178. The molecule has 0 bridgehead atoms. The molecule has 0 unspecified atom stereocenters. The van der Waals surface area contributed by atoms with Gasteiger partial charge in [0.25, 0.3) is 11.8 Å². The highest BCUT2D eigenvalue weighted by Gasteiger charge is 2.24. The van der Waals surface area contributed by atoms with Gasteiger partial charge in [0, 0.05) is 24.5 Å². The molecule has 5 heteroatoms. The van der Waals surface area contributed by atoms with Crippen molar-refractivity contribution in [3.63, 3.8) is 0 Å². The quantitative estimate of drug-likeness (QED) is 0.838. The summed E-state index contributed by atoms with van der Waals surface area (Å²) >= 11 is 0. The van der Waals surface area contributed by atoms with Crippen LogP contribution in [0.15, 0.2) is 48.5 Å². The van der Waals surface area contributed by atoms with E-state index in [1.165, 1.54) is 11.1 Å². The molecule has 2 aromatic rings. The Labute approximate surface area is 159 Å². The minimum atomic E-state index is -0.0889. The molecule has 0 saturated carbocycles. The first-order chi connectivity index (χ1) is 13.2. The second-order valence-corrected chi connectivity index (χ2v) is 7.05. The van der Waals surface area contributed by atoms with E-state index in [9.17, 15) is 9.59 Å². The fourth-order valence-corrected chi connectivity index (χ4v) is 3.97. The maximum atomic E-state index is 12.6. The summed E-state index contributed by atoms with van der Waals surface area (Å²) in [5.41, 5.74) is 4.32. The number of benzene rings is 2. The molecule has 2 aromatic carbocycles. The van der Waals surface area contributed by atoms with Crippen LogP contribution >= 0.6 is 0 Å². The molecule has 2 amide bonds. The summed E-state index contributed by atoms with van der Waals surface area (Å²) in [4.78, 5) is 28.7. The van der Waals surface area contributed by atoms with Crippen LogP contribution in [0.25, 0.3) is 0 Å². The van der Waals surface area contributed by atoms with Gasteiger partial charge in [0.1, 0.15) is 13.2 Å². The summed E-state index contributed by atoms with van der Waals surface area (Å²) in [7, 11) is 0. The van der Waals surface area contributed by atoms with E-state index in [1.54, 1.807) is 9.80 Å². The van der Waals surface area contributed by atoms with Crippen molar-refractivity contribution in [1.29, 1.82) is 0 Å². The Bertz CT molecular complexity index is 779.